The molecule has 4 amide bonds. The van der Waals surface area contributed by atoms with Crippen LogP contribution >= 0.6 is 0 Å². The van der Waals surface area contributed by atoms with Crippen LogP contribution in [-0.4, -0.2) is 28.5 Å². The van der Waals surface area contributed by atoms with Crippen molar-refractivity contribution in [1.29, 1.82) is 0 Å². The molecule has 0 fully saturated rings. The fourth-order valence-corrected chi connectivity index (χ4v) is 2.98. The van der Waals surface area contributed by atoms with Crippen LogP contribution in [0, 0.1) is 0 Å². The molecule has 3 N–H and O–H groups in total. The summed E-state index contributed by atoms with van der Waals surface area (Å²) in [5.74, 6) is -2.37. The van der Waals surface area contributed by atoms with Crippen molar-refractivity contribution in [3.63, 3.8) is 0 Å². The summed E-state index contributed by atoms with van der Waals surface area (Å²) in [5, 5.41) is 2.20. The maximum Gasteiger partial charge on any atom is 0.267 e. The molecule has 0 bridgehead atoms. The van der Waals surface area contributed by atoms with Crippen molar-refractivity contribution in [2.75, 3.05) is 5.73 Å². The van der Waals surface area contributed by atoms with E-state index in [1.807, 2.05) is 0 Å². The molecule has 2 heterocycles. The number of nitrogens with one attached hydrogen (secondary N) is 1. The average Bonchev–Trinajstić information content (AvgIpc) is 2.84. The van der Waals surface area contributed by atoms with Crippen LogP contribution in [0.5, 0.6) is 0 Å². The van der Waals surface area contributed by atoms with E-state index in [0.717, 1.165) is 11.1 Å². The van der Waals surface area contributed by atoms with Gasteiger partial charge in [0.15, 0.2) is 0 Å². The van der Waals surface area contributed by atoms with Crippen LogP contribution in [0.4, 0.5) is 5.69 Å². The second-order valence-corrected chi connectivity index (χ2v) is 5.62. The summed E-state index contributed by atoms with van der Waals surface area (Å²) in [7, 11) is 0. The number of hydrogen-bond donors (Lipinski definition) is 2. The quantitative estimate of drug-likeness (QED) is 0.462. The maximum absolute atomic E-state index is 12.6. The van der Waals surface area contributed by atoms with Gasteiger partial charge in [-0.05, 0) is 18.2 Å². The third-order valence-corrected chi connectivity index (χ3v) is 4.17. The number of carbonyl (C=O) groups is 4. The van der Waals surface area contributed by atoms with Gasteiger partial charge < -0.3 is 5.73 Å². The molecule has 7 heteroatoms. The van der Waals surface area contributed by atoms with Crippen LogP contribution in [0.1, 0.15) is 36.6 Å². The van der Waals surface area contributed by atoms with E-state index in [0.29, 0.717) is 11.1 Å². The van der Waals surface area contributed by atoms with E-state index in [4.69, 9.17) is 5.73 Å². The minimum Gasteiger partial charge on any atom is -0.398 e. The first-order valence-electron chi connectivity index (χ1n) is 7.42. The smallest absolute Gasteiger partial charge is 0.267 e. The highest BCUT2D eigenvalue weighted by Gasteiger charge is 2.37. The lowest BCUT2D eigenvalue weighted by molar-refractivity contribution is -0.114. The molecule has 2 aliphatic heterocycles. The number of anilines is 1. The number of nitrogens with zero attached hydrogens (tertiary/aromatic N) is 1. The summed E-state index contributed by atoms with van der Waals surface area (Å²) in [6, 6.07) is 11.1. The van der Waals surface area contributed by atoms with Gasteiger partial charge in [-0.15, -0.1) is 0 Å². The minimum atomic E-state index is -0.673. The predicted octanol–water partition coefficient (Wildman–Crippen LogP) is 1.18. The summed E-state index contributed by atoms with van der Waals surface area (Å²) >= 11 is 0. The normalized spacial score (nSPS) is 17.6. The van der Waals surface area contributed by atoms with Crippen molar-refractivity contribution in [3.05, 3.63) is 70.9 Å². The van der Waals surface area contributed by atoms with Crippen LogP contribution < -0.4 is 11.1 Å². The number of fused-ring (bicyclic) bond motifs is 2. The molecule has 0 unspecified atom stereocenters. The third kappa shape index (κ3) is 2.06. The highest BCUT2D eigenvalue weighted by atomic mass is 16.2. The standard InChI is InChI=1S/C18H11N3O4/c19-13-7-3-6-11-14(13)18(25)21(17(11)24)8-12-9-4-1-2-5-10(9)15(22)20-16(12)23/h1-8H,19H2,(H,20,22,23). The van der Waals surface area contributed by atoms with Crippen molar-refractivity contribution in [1.82, 2.24) is 10.2 Å². The van der Waals surface area contributed by atoms with Crippen LogP contribution in [0.25, 0.3) is 5.57 Å². The van der Waals surface area contributed by atoms with Gasteiger partial charge in [-0.1, -0.05) is 24.3 Å². The van der Waals surface area contributed by atoms with Gasteiger partial charge in [-0.3, -0.25) is 24.5 Å². The number of carbonyl (C=O) groups excluding carboxylic acids is 4. The third-order valence-electron chi connectivity index (χ3n) is 4.17. The van der Waals surface area contributed by atoms with Gasteiger partial charge in [0, 0.05) is 23.0 Å². The van der Waals surface area contributed by atoms with Crippen LogP contribution in [-0.2, 0) is 4.79 Å². The first-order valence-corrected chi connectivity index (χ1v) is 7.42. The van der Waals surface area contributed by atoms with E-state index in [-0.39, 0.29) is 22.4 Å². The zero-order valence-electron chi connectivity index (χ0n) is 12.8. The lowest BCUT2D eigenvalue weighted by atomic mass is 9.95. The monoisotopic (exact) mass is 333 g/mol. The van der Waals surface area contributed by atoms with E-state index >= 15 is 0 Å². The predicted molar refractivity (Wildman–Crippen MR) is 88.2 cm³/mol. The Hall–Kier alpha value is -3.74. The zero-order valence-corrected chi connectivity index (χ0v) is 12.8. The molecule has 25 heavy (non-hydrogen) atoms. The fourth-order valence-electron chi connectivity index (χ4n) is 2.98. The molecule has 2 aliphatic rings. The molecule has 0 aromatic heterocycles. The van der Waals surface area contributed by atoms with Gasteiger partial charge in [0.2, 0.25) is 0 Å². The van der Waals surface area contributed by atoms with E-state index < -0.39 is 23.6 Å². The molecule has 0 spiro atoms. The van der Waals surface area contributed by atoms with E-state index in [1.54, 1.807) is 30.3 Å². The second-order valence-electron chi connectivity index (χ2n) is 5.62. The highest BCUT2D eigenvalue weighted by Crippen LogP contribution is 2.30. The Morgan fingerprint density at radius 1 is 0.800 bits per heavy atom. The topological polar surface area (TPSA) is 110 Å². The number of hydrogen-bond acceptors (Lipinski definition) is 5. The number of rotatable bonds is 1. The molecule has 2 aromatic carbocycles. The Morgan fingerprint density at radius 2 is 1.48 bits per heavy atom. The maximum atomic E-state index is 12.6. The van der Waals surface area contributed by atoms with Gasteiger partial charge >= 0.3 is 0 Å². The summed E-state index contributed by atoms with van der Waals surface area (Å²) in [6.07, 6.45) is 1.16. The van der Waals surface area contributed by atoms with Crippen LogP contribution in [0.3, 0.4) is 0 Å². The Kier molecular flexibility index (Phi) is 3.04. The van der Waals surface area contributed by atoms with Crippen molar-refractivity contribution >= 4 is 34.9 Å². The zero-order chi connectivity index (χ0) is 17.7. The molecule has 0 saturated heterocycles. The molecule has 0 atom stereocenters. The Balaban J connectivity index is 1.85. The van der Waals surface area contributed by atoms with Crippen molar-refractivity contribution in [2.24, 2.45) is 0 Å². The van der Waals surface area contributed by atoms with Gasteiger partial charge in [0.1, 0.15) is 0 Å². The first kappa shape index (κ1) is 14.8. The molecule has 2 aromatic rings. The van der Waals surface area contributed by atoms with Crippen LogP contribution in [0.15, 0.2) is 48.7 Å². The number of nitrogens with two attached hydrogens (primary N) is 1. The highest BCUT2D eigenvalue weighted by molar-refractivity contribution is 6.32. The van der Waals surface area contributed by atoms with Crippen molar-refractivity contribution in [3.8, 4) is 0 Å². The largest absolute Gasteiger partial charge is 0.398 e. The lowest BCUT2D eigenvalue weighted by Crippen LogP contribution is -2.37. The van der Waals surface area contributed by atoms with E-state index in [1.165, 1.54) is 12.1 Å². The number of imide groups is 2. The first-order chi connectivity index (χ1) is 12.0. The molecular formula is C18H11N3O4. The second kappa shape index (κ2) is 5.13. The molecule has 0 saturated carbocycles. The van der Waals surface area contributed by atoms with E-state index in [9.17, 15) is 19.2 Å². The molecule has 7 nitrogen and oxygen atoms in total. The number of benzene rings is 2. The van der Waals surface area contributed by atoms with Gasteiger partial charge in [-0.2, -0.15) is 0 Å². The number of amides is 4. The fraction of sp³-hybridized carbons (Fsp3) is 0. The van der Waals surface area contributed by atoms with Gasteiger partial charge in [0.05, 0.1) is 16.7 Å². The number of nitrogen functional groups attached to an aromatic ring is 1. The molecule has 122 valence electrons. The van der Waals surface area contributed by atoms with Crippen molar-refractivity contribution < 1.29 is 19.2 Å². The Labute approximate surface area is 141 Å². The van der Waals surface area contributed by atoms with Crippen LogP contribution in [0.2, 0.25) is 0 Å². The van der Waals surface area contributed by atoms with Gasteiger partial charge in [-0.25, -0.2) is 4.90 Å². The molecule has 0 radical (unpaired) electrons. The molecule has 4 rings (SSSR count). The van der Waals surface area contributed by atoms with E-state index in [2.05, 4.69) is 5.32 Å². The molecular weight excluding hydrogens is 322 g/mol. The minimum absolute atomic E-state index is 0.0586. The van der Waals surface area contributed by atoms with Gasteiger partial charge in [0.25, 0.3) is 23.6 Å². The summed E-state index contributed by atoms with van der Waals surface area (Å²) in [4.78, 5) is 50.1. The lowest BCUT2D eigenvalue weighted by Gasteiger charge is -2.19. The summed E-state index contributed by atoms with van der Waals surface area (Å²) in [5.41, 5.74) is 7.01. The average molecular weight is 333 g/mol. The van der Waals surface area contributed by atoms with Crippen molar-refractivity contribution in [2.45, 2.75) is 0 Å². The SMILES string of the molecule is Nc1cccc2c1C(=O)N(C=C1C(=O)NC(=O)c3ccccc31)C2=O. The summed E-state index contributed by atoms with van der Waals surface area (Å²) < 4.78 is 0. The Morgan fingerprint density at radius 3 is 2.20 bits per heavy atom. The molecule has 0 aliphatic carbocycles. The summed E-state index contributed by atoms with van der Waals surface area (Å²) in [6.45, 7) is 0. The Bertz CT molecular complexity index is 1020.